The van der Waals surface area contributed by atoms with Crippen LogP contribution in [0.15, 0.2) is 18.2 Å². The van der Waals surface area contributed by atoms with Gasteiger partial charge in [-0.15, -0.1) is 0 Å². The number of likely N-dealkylation sites (N-methyl/N-ethyl adjacent to an activating group) is 1. The molecule has 5 nitrogen and oxygen atoms in total. The van der Waals surface area contributed by atoms with Crippen LogP contribution in [-0.4, -0.2) is 46.1 Å². The van der Waals surface area contributed by atoms with Crippen LogP contribution in [-0.2, 0) is 4.74 Å². The van der Waals surface area contributed by atoms with Crippen molar-refractivity contribution in [3.05, 3.63) is 18.2 Å². The van der Waals surface area contributed by atoms with Gasteiger partial charge in [-0.25, -0.2) is 0 Å². The van der Waals surface area contributed by atoms with Gasteiger partial charge in [-0.2, -0.15) is 0 Å². The maximum atomic E-state index is 5.96. The highest BCUT2D eigenvalue weighted by atomic mass is 16.6. The van der Waals surface area contributed by atoms with Crippen molar-refractivity contribution >= 4 is 0 Å². The molecule has 1 aromatic rings. The Morgan fingerprint density at radius 3 is 2.43 bits per heavy atom. The third-order valence-electron chi connectivity index (χ3n) is 3.61. The fourth-order valence-electron chi connectivity index (χ4n) is 2.49. The molecule has 1 aliphatic rings. The monoisotopic (exact) mass is 295 g/mol. The van der Waals surface area contributed by atoms with Crippen molar-refractivity contribution in [2.75, 3.05) is 33.9 Å². The minimum atomic E-state index is 0.128. The molecule has 0 aliphatic carbocycles. The van der Waals surface area contributed by atoms with Crippen LogP contribution in [0, 0.1) is 0 Å². The summed E-state index contributed by atoms with van der Waals surface area (Å²) in [7, 11) is 3.25. The summed E-state index contributed by atoms with van der Waals surface area (Å²) in [4.78, 5) is 0. The lowest BCUT2D eigenvalue weighted by atomic mass is 10.2. The SMILES string of the molecule is CCNCC1CCC(COc2c(OC)cccc2OC)O1. The molecular weight excluding hydrogens is 270 g/mol. The molecule has 2 atom stereocenters. The first-order valence-electron chi connectivity index (χ1n) is 7.48. The zero-order chi connectivity index (χ0) is 15.1. The van der Waals surface area contributed by atoms with Crippen molar-refractivity contribution in [3.63, 3.8) is 0 Å². The smallest absolute Gasteiger partial charge is 0.203 e. The number of hydrogen-bond acceptors (Lipinski definition) is 5. The second kappa shape index (κ2) is 8.10. The molecular formula is C16H25NO4. The summed E-state index contributed by atoms with van der Waals surface area (Å²) in [6.07, 6.45) is 2.51. The predicted octanol–water partition coefficient (Wildman–Crippen LogP) is 2.24. The summed E-state index contributed by atoms with van der Waals surface area (Å²) in [5.41, 5.74) is 0. The Balaban J connectivity index is 1.89. The first-order valence-corrected chi connectivity index (χ1v) is 7.48. The average Bonchev–Trinajstić information content (AvgIpc) is 2.98. The van der Waals surface area contributed by atoms with Crippen molar-refractivity contribution in [1.82, 2.24) is 5.32 Å². The number of ether oxygens (including phenoxy) is 4. The zero-order valence-electron chi connectivity index (χ0n) is 13.1. The highest BCUT2D eigenvalue weighted by Crippen LogP contribution is 2.37. The molecule has 0 radical (unpaired) electrons. The van der Waals surface area contributed by atoms with Gasteiger partial charge in [0.25, 0.3) is 0 Å². The lowest BCUT2D eigenvalue weighted by molar-refractivity contribution is 0.0178. The van der Waals surface area contributed by atoms with Gasteiger partial charge in [0, 0.05) is 6.54 Å². The van der Waals surface area contributed by atoms with Crippen LogP contribution in [0.1, 0.15) is 19.8 Å². The summed E-state index contributed by atoms with van der Waals surface area (Å²) in [6.45, 7) is 4.49. The minimum Gasteiger partial charge on any atom is -0.493 e. The molecule has 1 saturated heterocycles. The summed E-state index contributed by atoms with van der Waals surface area (Å²) >= 11 is 0. The number of benzene rings is 1. The molecule has 2 rings (SSSR count). The third kappa shape index (κ3) is 4.25. The number of hydrogen-bond donors (Lipinski definition) is 1. The average molecular weight is 295 g/mol. The Morgan fingerprint density at radius 1 is 1.14 bits per heavy atom. The van der Waals surface area contributed by atoms with E-state index in [0.29, 0.717) is 23.9 Å². The van der Waals surface area contributed by atoms with Crippen LogP contribution in [0.5, 0.6) is 17.2 Å². The first kappa shape index (κ1) is 15.9. The van der Waals surface area contributed by atoms with Gasteiger partial charge >= 0.3 is 0 Å². The van der Waals surface area contributed by atoms with E-state index >= 15 is 0 Å². The number of nitrogens with one attached hydrogen (secondary N) is 1. The topological polar surface area (TPSA) is 49.0 Å². The van der Waals surface area contributed by atoms with E-state index in [9.17, 15) is 0 Å². The van der Waals surface area contributed by atoms with Crippen LogP contribution >= 0.6 is 0 Å². The maximum absolute atomic E-state index is 5.96. The number of rotatable bonds is 8. The summed E-state index contributed by atoms with van der Waals surface area (Å²) in [5, 5.41) is 3.32. The standard InChI is InChI=1S/C16H25NO4/c1-4-17-10-12-8-9-13(21-12)11-20-16-14(18-2)6-5-7-15(16)19-3/h5-7,12-13,17H,4,8-11H2,1-3H3. The quantitative estimate of drug-likeness (QED) is 0.797. The van der Waals surface area contributed by atoms with Crippen molar-refractivity contribution < 1.29 is 18.9 Å². The van der Waals surface area contributed by atoms with Gasteiger partial charge in [0.05, 0.1) is 26.4 Å². The normalized spacial score (nSPS) is 21.3. The second-order valence-electron chi connectivity index (χ2n) is 5.07. The van der Waals surface area contributed by atoms with E-state index in [1.54, 1.807) is 14.2 Å². The lowest BCUT2D eigenvalue weighted by Gasteiger charge is -2.17. The highest BCUT2D eigenvalue weighted by molar-refractivity contribution is 5.51. The van der Waals surface area contributed by atoms with Gasteiger partial charge in [0.1, 0.15) is 6.61 Å². The lowest BCUT2D eigenvalue weighted by Crippen LogP contribution is -2.28. The molecule has 0 aromatic heterocycles. The second-order valence-corrected chi connectivity index (χ2v) is 5.07. The molecule has 1 aliphatic heterocycles. The van der Waals surface area contributed by atoms with Gasteiger partial charge in [0.15, 0.2) is 11.5 Å². The van der Waals surface area contributed by atoms with E-state index in [1.165, 1.54) is 0 Å². The predicted molar refractivity (Wildman–Crippen MR) is 81.5 cm³/mol. The zero-order valence-corrected chi connectivity index (χ0v) is 13.1. The molecule has 1 heterocycles. The highest BCUT2D eigenvalue weighted by Gasteiger charge is 2.26. The molecule has 2 unspecified atom stereocenters. The molecule has 0 amide bonds. The van der Waals surface area contributed by atoms with Gasteiger partial charge in [-0.05, 0) is 31.5 Å². The Morgan fingerprint density at radius 2 is 1.81 bits per heavy atom. The summed E-state index contributed by atoms with van der Waals surface area (Å²) in [6, 6.07) is 5.60. The molecule has 1 aromatic carbocycles. The molecule has 1 fully saturated rings. The van der Waals surface area contributed by atoms with E-state index in [1.807, 2.05) is 18.2 Å². The van der Waals surface area contributed by atoms with Crippen molar-refractivity contribution in [3.8, 4) is 17.2 Å². The fraction of sp³-hybridized carbons (Fsp3) is 0.625. The molecule has 118 valence electrons. The van der Waals surface area contributed by atoms with E-state index in [0.717, 1.165) is 25.9 Å². The molecule has 0 saturated carbocycles. The van der Waals surface area contributed by atoms with E-state index in [2.05, 4.69) is 12.2 Å². The van der Waals surface area contributed by atoms with E-state index < -0.39 is 0 Å². The van der Waals surface area contributed by atoms with Gasteiger partial charge < -0.3 is 24.3 Å². The molecule has 0 spiro atoms. The molecule has 5 heteroatoms. The van der Waals surface area contributed by atoms with Gasteiger partial charge in [-0.1, -0.05) is 13.0 Å². The molecule has 0 bridgehead atoms. The summed E-state index contributed by atoms with van der Waals surface area (Å²) in [5.74, 6) is 1.99. The van der Waals surface area contributed by atoms with Crippen LogP contribution < -0.4 is 19.5 Å². The van der Waals surface area contributed by atoms with Crippen molar-refractivity contribution in [2.24, 2.45) is 0 Å². The third-order valence-corrected chi connectivity index (χ3v) is 3.61. The Kier molecular flexibility index (Phi) is 6.14. The summed E-state index contributed by atoms with van der Waals surface area (Å²) < 4.78 is 22.5. The van der Waals surface area contributed by atoms with Crippen LogP contribution in [0.4, 0.5) is 0 Å². The van der Waals surface area contributed by atoms with E-state index in [-0.39, 0.29) is 12.2 Å². The largest absolute Gasteiger partial charge is 0.493 e. The van der Waals surface area contributed by atoms with Crippen LogP contribution in [0.25, 0.3) is 0 Å². The Bertz CT molecular complexity index is 416. The maximum Gasteiger partial charge on any atom is 0.203 e. The van der Waals surface area contributed by atoms with Crippen molar-refractivity contribution in [1.29, 1.82) is 0 Å². The minimum absolute atomic E-state index is 0.128. The van der Waals surface area contributed by atoms with Crippen molar-refractivity contribution in [2.45, 2.75) is 32.0 Å². The van der Waals surface area contributed by atoms with Crippen LogP contribution in [0.2, 0.25) is 0 Å². The molecule has 21 heavy (non-hydrogen) atoms. The number of methoxy groups -OCH3 is 2. The molecule has 1 N–H and O–H groups in total. The van der Waals surface area contributed by atoms with E-state index in [4.69, 9.17) is 18.9 Å². The fourth-order valence-corrected chi connectivity index (χ4v) is 2.49. The number of para-hydroxylation sites is 1. The Labute approximate surface area is 126 Å². The van der Waals surface area contributed by atoms with Gasteiger partial charge in [0.2, 0.25) is 5.75 Å². The first-order chi connectivity index (χ1) is 10.3. The Hall–Kier alpha value is -1.46. The van der Waals surface area contributed by atoms with Crippen LogP contribution in [0.3, 0.4) is 0 Å². The van der Waals surface area contributed by atoms with Gasteiger partial charge in [-0.3, -0.25) is 0 Å².